The Kier molecular flexibility index (Phi) is 8.92. The highest BCUT2D eigenvalue weighted by Gasteiger charge is 2.34. The van der Waals surface area contributed by atoms with Gasteiger partial charge in [0, 0.05) is 45.4 Å². The zero-order chi connectivity index (χ0) is 18.7. The molecule has 146 valence electrons. The third kappa shape index (κ3) is 6.61. The minimum atomic E-state index is 0.102. The predicted molar refractivity (Wildman–Crippen MR) is 108 cm³/mol. The molecule has 1 aliphatic rings. The Morgan fingerprint density at radius 1 is 1.15 bits per heavy atom. The summed E-state index contributed by atoms with van der Waals surface area (Å²) in [6, 6.07) is 10.8. The highest BCUT2D eigenvalue weighted by Crippen LogP contribution is 2.34. The summed E-state index contributed by atoms with van der Waals surface area (Å²) in [7, 11) is 1.81. The first-order valence-electron chi connectivity index (χ1n) is 9.82. The van der Waals surface area contributed by atoms with E-state index in [-0.39, 0.29) is 5.41 Å². The molecule has 0 aliphatic carbocycles. The first-order chi connectivity index (χ1) is 12.7. The molecular weight excluding hydrogens is 326 g/mol. The molecule has 0 saturated carbocycles. The molecule has 2 N–H and O–H groups in total. The SMILES string of the molecule is CN=C(NCCOCCC(C)C)NCC1(c2ccccc2)CCOCC1. The van der Waals surface area contributed by atoms with Gasteiger partial charge in [0.15, 0.2) is 5.96 Å². The monoisotopic (exact) mass is 361 g/mol. The Morgan fingerprint density at radius 3 is 2.54 bits per heavy atom. The third-order valence-corrected chi connectivity index (χ3v) is 5.03. The number of nitrogens with one attached hydrogen (secondary N) is 2. The number of ether oxygens (including phenoxy) is 2. The lowest BCUT2D eigenvalue weighted by Gasteiger charge is -2.38. The van der Waals surface area contributed by atoms with Crippen LogP contribution in [0.3, 0.4) is 0 Å². The second kappa shape index (κ2) is 11.2. The maximum Gasteiger partial charge on any atom is 0.191 e. The van der Waals surface area contributed by atoms with E-state index < -0.39 is 0 Å². The first-order valence-corrected chi connectivity index (χ1v) is 9.82. The molecule has 2 rings (SSSR count). The van der Waals surface area contributed by atoms with Crippen molar-refractivity contribution in [3.63, 3.8) is 0 Å². The fraction of sp³-hybridized carbons (Fsp3) is 0.667. The van der Waals surface area contributed by atoms with Gasteiger partial charge in [0.1, 0.15) is 0 Å². The van der Waals surface area contributed by atoms with Gasteiger partial charge in [-0.15, -0.1) is 0 Å². The second-order valence-corrected chi connectivity index (χ2v) is 7.41. The summed E-state index contributed by atoms with van der Waals surface area (Å²) in [5.41, 5.74) is 1.48. The van der Waals surface area contributed by atoms with Gasteiger partial charge in [-0.25, -0.2) is 0 Å². The lowest BCUT2D eigenvalue weighted by molar-refractivity contribution is 0.0513. The average molecular weight is 362 g/mol. The third-order valence-electron chi connectivity index (χ3n) is 5.03. The largest absolute Gasteiger partial charge is 0.381 e. The highest BCUT2D eigenvalue weighted by molar-refractivity contribution is 5.79. The van der Waals surface area contributed by atoms with Crippen molar-refractivity contribution in [1.82, 2.24) is 10.6 Å². The molecule has 1 saturated heterocycles. The van der Waals surface area contributed by atoms with Gasteiger partial charge in [0.05, 0.1) is 6.61 Å². The first kappa shape index (κ1) is 20.7. The van der Waals surface area contributed by atoms with Gasteiger partial charge in [0.2, 0.25) is 0 Å². The van der Waals surface area contributed by atoms with Crippen LogP contribution in [0.4, 0.5) is 0 Å². The normalized spacial score (nSPS) is 17.3. The fourth-order valence-electron chi connectivity index (χ4n) is 3.26. The number of rotatable bonds is 9. The van der Waals surface area contributed by atoms with Gasteiger partial charge < -0.3 is 20.1 Å². The fourth-order valence-corrected chi connectivity index (χ4v) is 3.26. The lowest BCUT2D eigenvalue weighted by Crippen LogP contribution is -2.48. The van der Waals surface area contributed by atoms with Crippen molar-refractivity contribution in [3.8, 4) is 0 Å². The van der Waals surface area contributed by atoms with E-state index in [0.717, 1.165) is 58.1 Å². The second-order valence-electron chi connectivity index (χ2n) is 7.41. The molecule has 1 heterocycles. The maximum atomic E-state index is 5.66. The quantitative estimate of drug-likeness (QED) is 0.403. The molecule has 5 heteroatoms. The van der Waals surface area contributed by atoms with Crippen LogP contribution >= 0.6 is 0 Å². The number of nitrogens with zero attached hydrogens (tertiary/aromatic N) is 1. The molecule has 26 heavy (non-hydrogen) atoms. The van der Waals surface area contributed by atoms with Crippen LogP contribution in [0.1, 0.15) is 38.7 Å². The van der Waals surface area contributed by atoms with Crippen molar-refractivity contribution in [2.45, 2.75) is 38.5 Å². The molecule has 0 bridgehead atoms. The smallest absolute Gasteiger partial charge is 0.191 e. The zero-order valence-electron chi connectivity index (χ0n) is 16.6. The van der Waals surface area contributed by atoms with E-state index >= 15 is 0 Å². The lowest BCUT2D eigenvalue weighted by atomic mass is 9.74. The topological polar surface area (TPSA) is 54.9 Å². The van der Waals surface area contributed by atoms with Crippen LogP contribution in [0, 0.1) is 5.92 Å². The van der Waals surface area contributed by atoms with Crippen molar-refractivity contribution in [3.05, 3.63) is 35.9 Å². The van der Waals surface area contributed by atoms with Gasteiger partial charge in [0.25, 0.3) is 0 Å². The summed E-state index contributed by atoms with van der Waals surface area (Å²) < 4.78 is 11.3. The summed E-state index contributed by atoms with van der Waals surface area (Å²) in [5.74, 6) is 1.52. The standard InChI is InChI=1S/C21H35N3O2/c1-18(2)9-13-25-16-12-23-20(22-3)24-17-21(10-14-26-15-11-21)19-7-5-4-6-8-19/h4-8,18H,9-17H2,1-3H3,(H2,22,23,24). The molecular formula is C21H35N3O2. The summed E-state index contributed by atoms with van der Waals surface area (Å²) in [6.45, 7) is 9.19. The Hall–Kier alpha value is -1.59. The van der Waals surface area contributed by atoms with Crippen LogP contribution in [0.2, 0.25) is 0 Å². The highest BCUT2D eigenvalue weighted by atomic mass is 16.5. The van der Waals surface area contributed by atoms with Crippen LogP contribution in [0.25, 0.3) is 0 Å². The minimum Gasteiger partial charge on any atom is -0.381 e. The van der Waals surface area contributed by atoms with Crippen molar-refractivity contribution in [2.75, 3.05) is 46.6 Å². The van der Waals surface area contributed by atoms with Crippen LogP contribution in [-0.2, 0) is 14.9 Å². The molecule has 0 radical (unpaired) electrons. The molecule has 0 unspecified atom stereocenters. The van der Waals surface area contributed by atoms with E-state index in [1.54, 1.807) is 0 Å². The van der Waals surface area contributed by atoms with E-state index in [1.807, 2.05) is 7.05 Å². The summed E-state index contributed by atoms with van der Waals surface area (Å²) in [6.07, 6.45) is 3.16. The molecule has 0 amide bonds. The molecule has 1 aliphatic heterocycles. The molecule has 0 aromatic heterocycles. The van der Waals surface area contributed by atoms with Gasteiger partial charge >= 0.3 is 0 Å². The Labute approximate surface area is 158 Å². The molecule has 1 aromatic rings. The predicted octanol–water partition coefficient (Wildman–Crippen LogP) is 2.96. The number of aliphatic imine (C=N–C) groups is 1. The van der Waals surface area contributed by atoms with E-state index in [4.69, 9.17) is 9.47 Å². The van der Waals surface area contributed by atoms with Crippen LogP contribution in [-0.4, -0.2) is 52.5 Å². The van der Waals surface area contributed by atoms with Crippen LogP contribution in [0.15, 0.2) is 35.3 Å². The molecule has 1 fully saturated rings. The average Bonchev–Trinajstić information content (AvgIpc) is 2.68. The van der Waals surface area contributed by atoms with Crippen molar-refractivity contribution in [2.24, 2.45) is 10.9 Å². The number of guanidine groups is 1. The Morgan fingerprint density at radius 2 is 1.88 bits per heavy atom. The zero-order valence-corrected chi connectivity index (χ0v) is 16.6. The molecule has 1 aromatic carbocycles. The van der Waals surface area contributed by atoms with E-state index in [0.29, 0.717) is 12.5 Å². The Bertz CT molecular complexity index is 525. The molecule has 5 nitrogen and oxygen atoms in total. The van der Waals surface area contributed by atoms with Crippen LogP contribution in [0.5, 0.6) is 0 Å². The van der Waals surface area contributed by atoms with E-state index in [9.17, 15) is 0 Å². The van der Waals surface area contributed by atoms with Crippen LogP contribution < -0.4 is 10.6 Å². The minimum absolute atomic E-state index is 0.102. The number of hydrogen-bond donors (Lipinski definition) is 2. The van der Waals surface area contributed by atoms with E-state index in [1.165, 1.54) is 5.56 Å². The summed E-state index contributed by atoms with van der Waals surface area (Å²) >= 11 is 0. The van der Waals surface area contributed by atoms with Gasteiger partial charge in [-0.3, -0.25) is 4.99 Å². The Balaban J connectivity index is 1.81. The molecule has 0 atom stereocenters. The number of hydrogen-bond acceptors (Lipinski definition) is 3. The summed E-state index contributed by atoms with van der Waals surface area (Å²) in [4.78, 5) is 4.35. The molecule has 0 spiro atoms. The van der Waals surface area contributed by atoms with E-state index in [2.05, 4.69) is 59.8 Å². The maximum absolute atomic E-state index is 5.66. The van der Waals surface area contributed by atoms with Crippen molar-refractivity contribution in [1.29, 1.82) is 0 Å². The number of benzene rings is 1. The van der Waals surface area contributed by atoms with Gasteiger partial charge in [-0.05, 0) is 30.7 Å². The van der Waals surface area contributed by atoms with Crippen molar-refractivity contribution < 1.29 is 9.47 Å². The van der Waals surface area contributed by atoms with Gasteiger partial charge in [-0.2, -0.15) is 0 Å². The summed E-state index contributed by atoms with van der Waals surface area (Å²) in [5, 5.41) is 6.86. The van der Waals surface area contributed by atoms with Crippen molar-refractivity contribution >= 4 is 5.96 Å². The van der Waals surface area contributed by atoms with Gasteiger partial charge in [-0.1, -0.05) is 44.2 Å².